The van der Waals surface area contributed by atoms with Gasteiger partial charge in [0.15, 0.2) is 0 Å². The number of hydrogen-bond donors (Lipinski definition) is 2. The number of carboxylic acids is 1. The molecule has 0 radical (unpaired) electrons. The van der Waals surface area contributed by atoms with Gasteiger partial charge in [-0.15, -0.1) is 0 Å². The summed E-state index contributed by atoms with van der Waals surface area (Å²) >= 11 is 3.31. The highest BCUT2D eigenvalue weighted by Gasteiger charge is 2.17. The molecule has 18 heavy (non-hydrogen) atoms. The number of methoxy groups -OCH3 is 2. The topological polar surface area (TPSA) is 76.0 Å². The Balaban J connectivity index is 3.01. The molecule has 5 nitrogen and oxygen atoms in total. The van der Waals surface area contributed by atoms with E-state index >= 15 is 0 Å². The van der Waals surface area contributed by atoms with Crippen molar-refractivity contribution < 1.29 is 24.5 Å². The number of benzene rings is 1. The van der Waals surface area contributed by atoms with Crippen molar-refractivity contribution >= 4 is 21.9 Å². The van der Waals surface area contributed by atoms with Crippen LogP contribution in [0.4, 0.5) is 0 Å². The van der Waals surface area contributed by atoms with E-state index in [0.717, 1.165) is 0 Å². The molecule has 0 aliphatic carbocycles. The maximum Gasteiger partial charge on any atom is 0.303 e. The highest BCUT2D eigenvalue weighted by molar-refractivity contribution is 9.10. The molecule has 2 N–H and O–H groups in total. The van der Waals surface area contributed by atoms with Gasteiger partial charge in [0, 0.05) is 12.0 Å². The molecule has 0 saturated carbocycles. The fourth-order valence-electron chi connectivity index (χ4n) is 1.56. The summed E-state index contributed by atoms with van der Waals surface area (Å²) in [5.74, 6) is 0.0952. The number of carboxylic acid groups (broad SMARTS) is 1. The number of rotatable bonds is 6. The van der Waals surface area contributed by atoms with E-state index in [1.165, 1.54) is 14.2 Å². The first-order chi connectivity index (χ1) is 8.49. The molecule has 0 amide bonds. The lowest BCUT2D eigenvalue weighted by molar-refractivity contribution is -0.137. The minimum absolute atomic E-state index is 0.108. The first kappa shape index (κ1) is 14.8. The SMILES string of the molecule is COc1cc([C@@H](O)CCC(=O)O)c(OC)cc1Br. The Labute approximate surface area is 113 Å². The number of aliphatic carboxylic acids is 1. The highest BCUT2D eigenvalue weighted by Crippen LogP contribution is 2.37. The molecule has 0 aromatic heterocycles. The van der Waals surface area contributed by atoms with Gasteiger partial charge in [0.1, 0.15) is 11.5 Å². The molecule has 0 saturated heterocycles. The Morgan fingerprint density at radius 2 is 1.94 bits per heavy atom. The monoisotopic (exact) mass is 318 g/mol. The van der Waals surface area contributed by atoms with E-state index in [4.69, 9.17) is 14.6 Å². The van der Waals surface area contributed by atoms with Crippen molar-refractivity contribution in [2.24, 2.45) is 0 Å². The average molecular weight is 319 g/mol. The van der Waals surface area contributed by atoms with Gasteiger partial charge >= 0.3 is 5.97 Å². The van der Waals surface area contributed by atoms with Gasteiger partial charge in [-0.3, -0.25) is 4.79 Å². The zero-order valence-corrected chi connectivity index (χ0v) is 11.7. The molecule has 0 heterocycles. The zero-order valence-electron chi connectivity index (χ0n) is 10.1. The van der Waals surface area contributed by atoms with E-state index in [-0.39, 0.29) is 12.8 Å². The molecule has 1 aromatic carbocycles. The van der Waals surface area contributed by atoms with Crippen molar-refractivity contribution in [2.75, 3.05) is 14.2 Å². The Kier molecular flexibility index (Phi) is 5.43. The number of ether oxygens (including phenoxy) is 2. The Hall–Kier alpha value is -1.27. The smallest absolute Gasteiger partial charge is 0.303 e. The Bertz CT molecular complexity index is 433. The maximum atomic E-state index is 10.5. The van der Waals surface area contributed by atoms with E-state index in [1.54, 1.807) is 12.1 Å². The molecule has 1 atom stereocenters. The van der Waals surface area contributed by atoms with Gasteiger partial charge < -0.3 is 19.7 Å². The molecular weight excluding hydrogens is 304 g/mol. The van der Waals surface area contributed by atoms with Crippen molar-refractivity contribution in [1.29, 1.82) is 0 Å². The van der Waals surface area contributed by atoms with Crippen LogP contribution in [0.1, 0.15) is 24.5 Å². The van der Waals surface area contributed by atoms with E-state index in [9.17, 15) is 9.90 Å². The molecule has 0 spiro atoms. The number of carbonyl (C=O) groups is 1. The van der Waals surface area contributed by atoms with Gasteiger partial charge in [-0.2, -0.15) is 0 Å². The summed E-state index contributed by atoms with van der Waals surface area (Å²) < 4.78 is 11.0. The van der Waals surface area contributed by atoms with Gasteiger partial charge in [-0.05, 0) is 34.5 Å². The normalized spacial score (nSPS) is 12.0. The van der Waals surface area contributed by atoms with Crippen LogP contribution in [0.15, 0.2) is 16.6 Å². The molecule has 100 valence electrons. The predicted molar refractivity (Wildman–Crippen MR) is 69.1 cm³/mol. The third kappa shape index (κ3) is 3.61. The number of halogens is 1. The summed E-state index contributed by atoms with van der Waals surface area (Å²) in [5.41, 5.74) is 0.513. The minimum Gasteiger partial charge on any atom is -0.496 e. The van der Waals surface area contributed by atoms with Crippen LogP contribution in [0, 0.1) is 0 Å². The van der Waals surface area contributed by atoms with E-state index in [2.05, 4.69) is 15.9 Å². The standard InChI is InChI=1S/C12H15BrO5/c1-17-10-6-8(13)11(18-2)5-7(10)9(14)3-4-12(15)16/h5-6,9,14H,3-4H2,1-2H3,(H,15,16)/t9-/m0/s1. The fraction of sp³-hybridized carbons (Fsp3) is 0.417. The molecule has 1 rings (SSSR count). The Morgan fingerprint density at radius 3 is 2.44 bits per heavy atom. The third-order valence-electron chi connectivity index (χ3n) is 2.49. The van der Waals surface area contributed by atoms with Crippen LogP contribution in [0.3, 0.4) is 0 Å². The van der Waals surface area contributed by atoms with Crippen molar-refractivity contribution in [3.63, 3.8) is 0 Å². The first-order valence-electron chi connectivity index (χ1n) is 5.30. The molecule has 0 unspecified atom stereocenters. The zero-order chi connectivity index (χ0) is 13.7. The second-order valence-corrected chi connectivity index (χ2v) is 4.53. The summed E-state index contributed by atoms with van der Waals surface area (Å²) in [4.78, 5) is 10.5. The molecule has 0 bridgehead atoms. The number of aliphatic hydroxyl groups excluding tert-OH is 1. The number of aliphatic hydroxyl groups is 1. The van der Waals surface area contributed by atoms with Gasteiger partial charge in [-0.1, -0.05) is 0 Å². The summed E-state index contributed by atoms with van der Waals surface area (Å²) in [5, 5.41) is 18.6. The van der Waals surface area contributed by atoms with Crippen LogP contribution in [0.25, 0.3) is 0 Å². The molecule has 0 fully saturated rings. The number of hydrogen-bond acceptors (Lipinski definition) is 4. The molecule has 6 heteroatoms. The lowest BCUT2D eigenvalue weighted by Crippen LogP contribution is -2.05. The Morgan fingerprint density at radius 1 is 1.33 bits per heavy atom. The quantitative estimate of drug-likeness (QED) is 0.842. The second kappa shape index (κ2) is 6.61. The average Bonchev–Trinajstić information content (AvgIpc) is 2.35. The van der Waals surface area contributed by atoms with Gasteiger partial charge in [0.25, 0.3) is 0 Å². The van der Waals surface area contributed by atoms with Crippen LogP contribution >= 0.6 is 15.9 Å². The van der Waals surface area contributed by atoms with Gasteiger partial charge in [0.05, 0.1) is 24.8 Å². The van der Waals surface area contributed by atoms with E-state index < -0.39 is 12.1 Å². The maximum absolute atomic E-state index is 10.5. The van der Waals surface area contributed by atoms with Gasteiger partial charge in [-0.25, -0.2) is 0 Å². The van der Waals surface area contributed by atoms with Crippen LogP contribution in [-0.2, 0) is 4.79 Å². The highest BCUT2D eigenvalue weighted by atomic mass is 79.9. The van der Waals surface area contributed by atoms with Crippen LogP contribution in [0.2, 0.25) is 0 Å². The van der Waals surface area contributed by atoms with Crippen molar-refractivity contribution in [3.05, 3.63) is 22.2 Å². The summed E-state index contributed by atoms with van der Waals surface area (Å²) in [6, 6.07) is 3.31. The van der Waals surface area contributed by atoms with E-state index in [1.807, 2.05) is 0 Å². The van der Waals surface area contributed by atoms with Crippen molar-refractivity contribution in [1.82, 2.24) is 0 Å². The first-order valence-corrected chi connectivity index (χ1v) is 6.10. The van der Waals surface area contributed by atoms with Crippen molar-refractivity contribution in [2.45, 2.75) is 18.9 Å². The molecule has 0 aliphatic rings. The van der Waals surface area contributed by atoms with Gasteiger partial charge in [0.2, 0.25) is 0 Å². The largest absolute Gasteiger partial charge is 0.496 e. The minimum atomic E-state index is -0.947. The van der Waals surface area contributed by atoms with Crippen LogP contribution in [-0.4, -0.2) is 30.4 Å². The van der Waals surface area contributed by atoms with Crippen molar-refractivity contribution in [3.8, 4) is 11.5 Å². The van der Waals surface area contributed by atoms with Crippen LogP contribution < -0.4 is 9.47 Å². The summed E-state index contributed by atoms with van der Waals surface area (Å²) in [6.45, 7) is 0. The van der Waals surface area contributed by atoms with E-state index in [0.29, 0.717) is 21.5 Å². The summed E-state index contributed by atoms with van der Waals surface area (Å²) in [6.07, 6.45) is -0.892. The third-order valence-corrected chi connectivity index (χ3v) is 3.11. The lowest BCUT2D eigenvalue weighted by atomic mass is 10.0. The summed E-state index contributed by atoms with van der Waals surface area (Å²) in [7, 11) is 3.00. The second-order valence-electron chi connectivity index (χ2n) is 3.68. The van der Waals surface area contributed by atoms with Crippen LogP contribution in [0.5, 0.6) is 11.5 Å². The lowest BCUT2D eigenvalue weighted by Gasteiger charge is -2.16. The predicted octanol–water partition coefficient (Wildman–Crippen LogP) is 2.36. The molecule has 1 aromatic rings. The molecular formula is C12H15BrO5. The molecule has 0 aliphatic heterocycles. The fourth-order valence-corrected chi connectivity index (χ4v) is 2.04.